The summed E-state index contributed by atoms with van der Waals surface area (Å²) < 4.78 is 6.25. The second-order valence-corrected chi connectivity index (χ2v) is 8.43. The summed E-state index contributed by atoms with van der Waals surface area (Å²) in [5, 5.41) is 17.5. The smallest absolute Gasteiger partial charge is 0.316 e. The molecule has 0 atom stereocenters. The van der Waals surface area contributed by atoms with E-state index in [0.29, 0.717) is 5.75 Å². The number of carbonyl (C=O) groups is 1. The van der Waals surface area contributed by atoms with E-state index in [9.17, 15) is 4.79 Å². The lowest BCUT2D eigenvalue weighted by atomic mass is 10.2. The van der Waals surface area contributed by atoms with Crippen molar-refractivity contribution in [3.05, 3.63) is 64.1 Å². The number of benzene rings is 2. The first-order valence-electron chi connectivity index (χ1n) is 8.13. The third-order valence-electron chi connectivity index (χ3n) is 2.98. The normalized spacial score (nSPS) is 10.7. The van der Waals surface area contributed by atoms with Crippen molar-refractivity contribution >= 4 is 33.7 Å². The van der Waals surface area contributed by atoms with Gasteiger partial charge in [0.05, 0.1) is 19.0 Å². The highest BCUT2D eigenvalue weighted by Crippen LogP contribution is 2.19. The molecule has 2 aromatic rings. The zero-order valence-corrected chi connectivity index (χ0v) is 17.6. The first-order chi connectivity index (χ1) is 12.2. The molecule has 4 nitrogen and oxygen atoms in total. The minimum Gasteiger partial charge on any atom is -0.459 e. The van der Waals surface area contributed by atoms with Gasteiger partial charge in [0.1, 0.15) is 5.60 Å². The molecule has 0 aromatic heterocycles. The summed E-state index contributed by atoms with van der Waals surface area (Å²) >= 11 is 4.73. The number of thioether (sulfide) groups is 1. The molecule has 2 rings (SSSR count). The van der Waals surface area contributed by atoms with E-state index in [1.54, 1.807) is 0 Å². The summed E-state index contributed by atoms with van der Waals surface area (Å²) in [6.07, 6.45) is 0. The van der Waals surface area contributed by atoms with Gasteiger partial charge in [-0.15, -0.1) is 11.8 Å². The maximum atomic E-state index is 11.5. The number of aliphatic hydroxyl groups excluding tert-OH is 2. The van der Waals surface area contributed by atoms with Crippen LogP contribution in [0.1, 0.15) is 31.9 Å². The zero-order chi connectivity index (χ0) is 19.6. The van der Waals surface area contributed by atoms with E-state index in [2.05, 4.69) is 15.9 Å². The van der Waals surface area contributed by atoms with Gasteiger partial charge < -0.3 is 14.9 Å². The second-order valence-electron chi connectivity index (χ2n) is 6.46. The highest BCUT2D eigenvalue weighted by atomic mass is 79.9. The van der Waals surface area contributed by atoms with Crippen molar-refractivity contribution in [2.75, 3.05) is 5.75 Å². The fourth-order valence-corrected chi connectivity index (χ4v) is 2.73. The van der Waals surface area contributed by atoms with Gasteiger partial charge in [-0.25, -0.2) is 0 Å². The van der Waals surface area contributed by atoms with Gasteiger partial charge in [-0.1, -0.05) is 40.2 Å². The van der Waals surface area contributed by atoms with Gasteiger partial charge >= 0.3 is 5.97 Å². The van der Waals surface area contributed by atoms with Gasteiger partial charge in [0.25, 0.3) is 0 Å². The Morgan fingerprint density at radius 2 is 1.42 bits per heavy atom. The van der Waals surface area contributed by atoms with E-state index in [0.717, 1.165) is 20.5 Å². The summed E-state index contributed by atoms with van der Waals surface area (Å²) in [5.74, 6) is 0.0872. The van der Waals surface area contributed by atoms with Crippen LogP contribution in [-0.4, -0.2) is 27.5 Å². The fraction of sp³-hybridized carbons (Fsp3) is 0.350. The number of ether oxygens (including phenoxy) is 1. The number of halogens is 1. The maximum Gasteiger partial charge on any atom is 0.316 e. The molecule has 0 aliphatic rings. The number of carbonyl (C=O) groups excluding carboxylic acids is 1. The second kappa shape index (κ2) is 11.4. The Kier molecular flexibility index (Phi) is 9.94. The average Bonchev–Trinajstić information content (AvgIpc) is 2.60. The van der Waals surface area contributed by atoms with Gasteiger partial charge in [0.15, 0.2) is 0 Å². The number of rotatable bonds is 5. The van der Waals surface area contributed by atoms with Crippen molar-refractivity contribution in [3.63, 3.8) is 0 Å². The van der Waals surface area contributed by atoms with Gasteiger partial charge in [-0.05, 0) is 56.2 Å². The SMILES string of the molecule is CC(C)(C)OC(=O)CSc1ccc(CO)cc1.OCc1ccc(Br)cc1. The number of hydrogen-bond acceptors (Lipinski definition) is 5. The van der Waals surface area contributed by atoms with Crippen LogP contribution >= 0.6 is 27.7 Å². The lowest BCUT2D eigenvalue weighted by molar-refractivity contribution is -0.151. The fourth-order valence-electron chi connectivity index (χ4n) is 1.79. The van der Waals surface area contributed by atoms with Crippen LogP contribution < -0.4 is 0 Å². The van der Waals surface area contributed by atoms with Crippen LogP contribution in [0.15, 0.2) is 57.9 Å². The van der Waals surface area contributed by atoms with Gasteiger partial charge in [0.2, 0.25) is 0 Å². The standard InChI is InChI=1S/C13H18O3S.C7H7BrO/c1-13(2,3)16-12(15)9-17-11-6-4-10(8-14)5-7-11;8-7-3-1-6(5-9)2-4-7/h4-7,14H,8-9H2,1-3H3;1-4,9H,5H2. The van der Waals surface area contributed by atoms with Crippen molar-refractivity contribution in [1.29, 1.82) is 0 Å². The monoisotopic (exact) mass is 440 g/mol. The molecule has 26 heavy (non-hydrogen) atoms. The molecule has 0 saturated carbocycles. The molecule has 0 bridgehead atoms. The molecule has 142 valence electrons. The van der Waals surface area contributed by atoms with Crippen LogP contribution in [0.3, 0.4) is 0 Å². The van der Waals surface area contributed by atoms with Crippen LogP contribution in [-0.2, 0) is 22.7 Å². The molecule has 0 unspecified atom stereocenters. The highest BCUT2D eigenvalue weighted by Gasteiger charge is 2.16. The van der Waals surface area contributed by atoms with E-state index >= 15 is 0 Å². The predicted octanol–water partition coefficient (Wildman–Crippen LogP) is 4.55. The summed E-state index contributed by atoms with van der Waals surface area (Å²) in [5.41, 5.74) is 1.38. The molecule has 0 amide bonds. The number of esters is 1. The first kappa shape index (κ1) is 22.7. The Balaban J connectivity index is 0.000000314. The Bertz CT molecular complexity index is 664. The van der Waals surface area contributed by atoms with Crippen LogP contribution in [0.2, 0.25) is 0 Å². The molecule has 0 aliphatic heterocycles. The van der Waals surface area contributed by atoms with E-state index in [4.69, 9.17) is 14.9 Å². The minimum atomic E-state index is -0.432. The van der Waals surface area contributed by atoms with Crippen molar-refractivity contribution in [2.45, 2.75) is 44.5 Å². The van der Waals surface area contributed by atoms with E-state index in [1.165, 1.54) is 11.8 Å². The Labute approximate surface area is 167 Å². The predicted molar refractivity (Wildman–Crippen MR) is 109 cm³/mol. The third-order valence-corrected chi connectivity index (χ3v) is 4.49. The highest BCUT2D eigenvalue weighted by molar-refractivity contribution is 9.10. The largest absolute Gasteiger partial charge is 0.459 e. The molecule has 0 spiro atoms. The summed E-state index contributed by atoms with van der Waals surface area (Å²) in [7, 11) is 0. The molecule has 2 aromatic carbocycles. The summed E-state index contributed by atoms with van der Waals surface area (Å²) in [6.45, 7) is 5.72. The Hall–Kier alpha value is -1.34. The Morgan fingerprint density at radius 3 is 1.85 bits per heavy atom. The van der Waals surface area contributed by atoms with Crippen LogP contribution in [0.5, 0.6) is 0 Å². The third kappa shape index (κ3) is 9.97. The van der Waals surface area contributed by atoms with Crippen molar-refractivity contribution < 1.29 is 19.7 Å². The van der Waals surface area contributed by atoms with E-state index in [-0.39, 0.29) is 19.2 Å². The lowest BCUT2D eigenvalue weighted by Gasteiger charge is -2.19. The van der Waals surface area contributed by atoms with Gasteiger partial charge in [-0.2, -0.15) is 0 Å². The van der Waals surface area contributed by atoms with Crippen LogP contribution in [0, 0.1) is 0 Å². The molecule has 0 aliphatic carbocycles. The molecule has 0 fully saturated rings. The van der Waals surface area contributed by atoms with Crippen LogP contribution in [0.25, 0.3) is 0 Å². The molecule has 0 radical (unpaired) electrons. The van der Waals surface area contributed by atoms with Crippen molar-refractivity contribution in [3.8, 4) is 0 Å². The molecule has 2 N–H and O–H groups in total. The number of aliphatic hydroxyl groups is 2. The van der Waals surface area contributed by atoms with E-state index < -0.39 is 5.60 Å². The molecular formula is C20H25BrO4S. The average molecular weight is 441 g/mol. The molecule has 0 saturated heterocycles. The maximum absolute atomic E-state index is 11.5. The first-order valence-corrected chi connectivity index (χ1v) is 9.91. The Morgan fingerprint density at radius 1 is 0.962 bits per heavy atom. The van der Waals surface area contributed by atoms with Gasteiger partial charge in [-0.3, -0.25) is 4.79 Å². The van der Waals surface area contributed by atoms with Crippen molar-refractivity contribution in [2.24, 2.45) is 0 Å². The summed E-state index contributed by atoms with van der Waals surface area (Å²) in [4.78, 5) is 12.5. The summed E-state index contributed by atoms with van der Waals surface area (Å²) in [6, 6.07) is 15.0. The van der Waals surface area contributed by atoms with E-state index in [1.807, 2.05) is 69.3 Å². The molecule has 0 heterocycles. The van der Waals surface area contributed by atoms with Crippen molar-refractivity contribution in [1.82, 2.24) is 0 Å². The molecular weight excluding hydrogens is 416 g/mol. The lowest BCUT2D eigenvalue weighted by Crippen LogP contribution is -2.24. The van der Waals surface area contributed by atoms with Gasteiger partial charge in [0, 0.05) is 9.37 Å². The topological polar surface area (TPSA) is 66.8 Å². The molecule has 6 heteroatoms. The zero-order valence-electron chi connectivity index (χ0n) is 15.2. The minimum absolute atomic E-state index is 0.0387. The van der Waals surface area contributed by atoms with Crippen LogP contribution in [0.4, 0.5) is 0 Å². The quantitative estimate of drug-likeness (QED) is 0.526. The number of hydrogen-bond donors (Lipinski definition) is 2.